The van der Waals surface area contributed by atoms with E-state index in [1.54, 1.807) is 12.1 Å². The van der Waals surface area contributed by atoms with Crippen LogP contribution >= 0.6 is 0 Å². The average Bonchev–Trinajstić information content (AvgIpc) is 2.73. The van der Waals surface area contributed by atoms with Gasteiger partial charge in [0.15, 0.2) is 0 Å². The van der Waals surface area contributed by atoms with Gasteiger partial charge in [0.2, 0.25) is 10.0 Å². The average molecular weight is 421 g/mol. The van der Waals surface area contributed by atoms with Crippen LogP contribution in [0.5, 0.6) is 17.2 Å². The van der Waals surface area contributed by atoms with Gasteiger partial charge in [-0.2, -0.15) is 5.10 Å². The maximum atomic E-state index is 12.4. The topological polar surface area (TPSA) is 107 Å². The molecule has 156 valence electrons. The van der Waals surface area contributed by atoms with E-state index in [1.165, 1.54) is 65.9 Å². The number of nitrogens with zero attached hydrogens (tertiary/aromatic N) is 2. The molecule has 0 radical (unpaired) electrons. The SMILES string of the molecule is COc1cc(OC)c(/C=N\NC(=O)c2cccc(S(=O)(=O)N(C)C)c2)c(OC)c1. The number of carbonyl (C=O) groups is 1. The van der Waals surface area contributed by atoms with Crippen molar-refractivity contribution >= 4 is 22.1 Å². The molecule has 0 heterocycles. The molecule has 0 bridgehead atoms. The number of hydrogen-bond donors (Lipinski definition) is 1. The Balaban J connectivity index is 2.25. The molecule has 29 heavy (non-hydrogen) atoms. The van der Waals surface area contributed by atoms with Crippen molar-refractivity contribution in [2.24, 2.45) is 5.10 Å². The second-order valence-corrected chi connectivity index (χ2v) is 8.11. The fourth-order valence-corrected chi connectivity index (χ4v) is 3.34. The molecular formula is C19H23N3O6S. The molecule has 0 aliphatic carbocycles. The van der Waals surface area contributed by atoms with E-state index in [0.717, 1.165) is 4.31 Å². The van der Waals surface area contributed by atoms with Gasteiger partial charge in [0, 0.05) is 31.8 Å². The monoisotopic (exact) mass is 421 g/mol. The van der Waals surface area contributed by atoms with Crippen LogP contribution in [0.1, 0.15) is 15.9 Å². The molecule has 0 aromatic heterocycles. The molecular weight excluding hydrogens is 398 g/mol. The van der Waals surface area contributed by atoms with Gasteiger partial charge in [0.05, 0.1) is 38.0 Å². The van der Waals surface area contributed by atoms with E-state index in [-0.39, 0.29) is 10.5 Å². The van der Waals surface area contributed by atoms with Crippen molar-refractivity contribution in [3.8, 4) is 17.2 Å². The van der Waals surface area contributed by atoms with E-state index in [0.29, 0.717) is 22.8 Å². The number of methoxy groups -OCH3 is 3. The number of ether oxygens (including phenoxy) is 3. The van der Waals surface area contributed by atoms with Crippen LogP contribution in [-0.4, -0.2) is 60.3 Å². The molecule has 2 aromatic rings. The van der Waals surface area contributed by atoms with Crippen LogP contribution < -0.4 is 19.6 Å². The summed E-state index contributed by atoms with van der Waals surface area (Å²) in [5.41, 5.74) is 3.02. The third-order valence-electron chi connectivity index (χ3n) is 3.99. The minimum absolute atomic E-state index is 0.0117. The number of amides is 1. The lowest BCUT2D eigenvalue weighted by Gasteiger charge is -2.12. The van der Waals surface area contributed by atoms with Crippen LogP contribution in [0.4, 0.5) is 0 Å². The van der Waals surface area contributed by atoms with Gasteiger partial charge >= 0.3 is 0 Å². The highest BCUT2D eigenvalue weighted by Gasteiger charge is 2.18. The van der Waals surface area contributed by atoms with E-state index in [4.69, 9.17) is 14.2 Å². The molecule has 0 aliphatic rings. The summed E-state index contributed by atoms with van der Waals surface area (Å²) in [5, 5.41) is 3.93. The van der Waals surface area contributed by atoms with Gasteiger partial charge in [0.25, 0.3) is 5.91 Å². The first-order valence-electron chi connectivity index (χ1n) is 8.40. The fraction of sp³-hybridized carbons (Fsp3) is 0.263. The van der Waals surface area contributed by atoms with Crippen LogP contribution in [0.2, 0.25) is 0 Å². The quantitative estimate of drug-likeness (QED) is 0.514. The normalized spacial score (nSPS) is 11.5. The summed E-state index contributed by atoms with van der Waals surface area (Å²) in [6.45, 7) is 0. The van der Waals surface area contributed by atoms with Crippen LogP contribution in [0.15, 0.2) is 46.4 Å². The predicted molar refractivity (Wildman–Crippen MR) is 108 cm³/mol. The molecule has 2 rings (SSSR count). The number of sulfonamides is 1. The molecule has 0 aliphatic heterocycles. The predicted octanol–water partition coefficient (Wildman–Crippen LogP) is 1.73. The molecule has 0 saturated heterocycles. The van der Waals surface area contributed by atoms with Crippen molar-refractivity contribution in [3.63, 3.8) is 0 Å². The van der Waals surface area contributed by atoms with Gasteiger partial charge in [-0.05, 0) is 18.2 Å². The third kappa shape index (κ3) is 5.04. The molecule has 0 saturated carbocycles. The Morgan fingerprint density at radius 1 is 1.03 bits per heavy atom. The van der Waals surface area contributed by atoms with Crippen LogP contribution in [0.3, 0.4) is 0 Å². The van der Waals surface area contributed by atoms with Gasteiger partial charge < -0.3 is 14.2 Å². The van der Waals surface area contributed by atoms with Crippen molar-refractivity contribution in [1.29, 1.82) is 0 Å². The van der Waals surface area contributed by atoms with E-state index in [2.05, 4.69) is 10.5 Å². The van der Waals surface area contributed by atoms with E-state index < -0.39 is 15.9 Å². The zero-order valence-electron chi connectivity index (χ0n) is 16.8. The smallest absolute Gasteiger partial charge is 0.271 e. The molecule has 2 aromatic carbocycles. The zero-order chi connectivity index (χ0) is 21.6. The maximum absolute atomic E-state index is 12.4. The lowest BCUT2D eigenvalue weighted by atomic mass is 10.2. The van der Waals surface area contributed by atoms with Crippen molar-refractivity contribution in [2.45, 2.75) is 4.90 Å². The van der Waals surface area contributed by atoms with E-state index in [9.17, 15) is 13.2 Å². The third-order valence-corrected chi connectivity index (χ3v) is 5.80. The summed E-state index contributed by atoms with van der Waals surface area (Å²) in [5.74, 6) is 0.860. The van der Waals surface area contributed by atoms with Crippen molar-refractivity contribution < 1.29 is 27.4 Å². The number of rotatable bonds is 8. The van der Waals surface area contributed by atoms with Crippen molar-refractivity contribution in [1.82, 2.24) is 9.73 Å². The summed E-state index contributed by atoms with van der Waals surface area (Å²) in [6.07, 6.45) is 1.37. The van der Waals surface area contributed by atoms with E-state index >= 15 is 0 Å². The Hall–Kier alpha value is -3.11. The molecule has 10 heteroatoms. The number of hydrogen-bond acceptors (Lipinski definition) is 7. The molecule has 0 unspecified atom stereocenters. The van der Waals surface area contributed by atoms with E-state index in [1.807, 2.05) is 0 Å². The maximum Gasteiger partial charge on any atom is 0.271 e. The zero-order valence-corrected chi connectivity index (χ0v) is 17.6. The van der Waals surface area contributed by atoms with Gasteiger partial charge in [-0.15, -0.1) is 0 Å². The van der Waals surface area contributed by atoms with Crippen LogP contribution in [0, 0.1) is 0 Å². The summed E-state index contributed by atoms with van der Waals surface area (Å²) in [6, 6.07) is 9.00. The Labute approximate surface area is 169 Å². The molecule has 0 atom stereocenters. The van der Waals surface area contributed by atoms with Gasteiger partial charge in [-0.1, -0.05) is 6.07 Å². The second-order valence-electron chi connectivity index (χ2n) is 5.96. The second kappa shape index (κ2) is 9.39. The lowest BCUT2D eigenvalue weighted by molar-refractivity contribution is 0.0955. The molecule has 0 spiro atoms. The standard InChI is InChI=1S/C19H23N3O6S/c1-22(2)29(24,25)15-8-6-7-13(9-15)19(23)21-20-12-16-17(27-4)10-14(26-3)11-18(16)28-5/h6-12H,1-5H3,(H,21,23)/b20-12-. The Bertz CT molecular complexity index is 993. The highest BCUT2D eigenvalue weighted by atomic mass is 32.2. The summed E-state index contributed by atoms with van der Waals surface area (Å²) < 4.78 is 41.3. The number of hydrazone groups is 1. The first kappa shape index (κ1) is 22.2. The Morgan fingerprint density at radius 3 is 2.17 bits per heavy atom. The molecule has 9 nitrogen and oxygen atoms in total. The fourth-order valence-electron chi connectivity index (χ4n) is 2.39. The minimum atomic E-state index is -3.65. The van der Waals surface area contributed by atoms with Crippen molar-refractivity contribution in [3.05, 3.63) is 47.5 Å². The highest BCUT2D eigenvalue weighted by molar-refractivity contribution is 7.89. The van der Waals surface area contributed by atoms with Crippen LogP contribution in [-0.2, 0) is 10.0 Å². The minimum Gasteiger partial charge on any atom is -0.496 e. The highest BCUT2D eigenvalue weighted by Crippen LogP contribution is 2.32. The van der Waals surface area contributed by atoms with Gasteiger partial charge in [0.1, 0.15) is 17.2 Å². The summed E-state index contributed by atoms with van der Waals surface area (Å²) >= 11 is 0. The Kier molecular flexibility index (Phi) is 7.18. The van der Waals surface area contributed by atoms with Gasteiger partial charge in [-0.3, -0.25) is 4.79 Å². The Morgan fingerprint density at radius 2 is 1.66 bits per heavy atom. The van der Waals surface area contributed by atoms with Crippen molar-refractivity contribution in [2.75, 3.05) is 35.4 Å². The first-order chi connectivity index (χ1) is 13.7. The molecule has 0 fully saturated rings. The first-order valence-corrected chi connectivity index (χ1v) is 9.84. The summed E-state index contributed by atoms with van der Waals surface area (Å²) in [7, 11) is 3.68. The lowest BCUT2D eigenvalue weighted by Crippen LogP contribution is -2.23. The largest absolute Gasteiger partial charge is 0.496 e. The van der Waals surface area contributed by atoms with Gasteiger partial charge in [-0.25, -0.2) is 18.1 Å². The molecule has 1 N–H and O–H groups in total. The molecule has 1 amide bonds. The van der Waals surface area contributed by atoms with Crippen LogP contribution in [0.25, 0.3) is 0 Å². The summed E-state index contributed by atoms with van der Waals surface area (Å²) in [4.78, 5) is 12.4. The number of nitrogens with one attached hydrogen (secondary N) is 1. The number of benzene rings is 2. The number of carbonyl (C=O) groups excluding carboxylic acids is 1.